The van der Waals surface area contributed by atoms with Crippen molar-refractivity contribution in [3.8, 4) is 5.75 Å². The van der Waals surface area contributed by atoms with E-state index in [2.05, 4.69) is 0 Å². The van der Waals surface area contributed by atoms with Gasteiger partial charge in [-0.1, -0.05) is 25.5 Å². The number of hydrogen-bond acceptors (Lipinski definition) is 3. The summed E-state index contributed by atoms with van der Waals surface area (Å²) in [6, 6.07) is 3.65. The van der Waals surface area contributed by atoms with Crippen molar-refractivity contribution >= 4 is 0 Å². The number of alkyl halides is 3. The van der Waals surface area contributed by atoms with Gasteiger partial charge in [-0.2, -0.15) is 13.2 Å². The highest BCUT2D eigenvalue weighted by Gasteiger charge is 2.34. The summed E-state index contributed by atoms with van der Waals surface area (Å²) in [5.74, 6) is -0.351. The number of rotatable bonds is 4. The summed E-state index contributed by atoms with van der Waals surface area (Å²) in [6.07, 6.45) is -5.71. The molecule has 0 bridgehead atoms. The Balaban J connectivity index is 0.00000154. The van der Waals surface area contributed by atoms with Gasteiger partial charge in [0.1, 0.15) is 18.5 Å². The molecule has 110 valence electrons. The molecule has 0 saturated heterocycles. The first-order chi connectivity index (χ1) is 8.84. The van der Waals surface area contributed by atoms with Crippen molar-refractivity contribution in [3.05, 3.63) is 29.3 Å². The molecule has 6 heteroatoms. The average Bonchev–Trinajstić information content (AvgIpc) is 2.38. The summed E-state index contributed by atoms with van der Waals surface area (Å²) in [7, 11) is 0. The molecule has 3 nitrogen and oxygen atoms in total. The van der Waals surface area contributed by atoms with Crippen molar-refractivity contribution in [1.29, 1.82) is 0 Å². The fraction of sp³-hybridized carbons (Fsp3) is 0.538. The van der Waals surface area contributed by atoms with Crippen molar-refractivity contribution in [1.82, 2.24) is 0 Å². The van der Waals surface area contributed by atoms with Gasteiger partial charge in [0.25, 0.3) is 0 Å². The van der Waals surface area contributed by atoms with Crippen LogP contribution in [0, 0.1) is 6.92 Å². The molecule has 0 spiro atoms. The number of halogens is 3. The third-order valence-electron chi connectivity index (χ3n) is 2.08. The molecule has 0 aromatic heterocycles. The zero-order valence-electron chi connectivity index (χ0n) is 11.2. The molecular formula is C13H19F3O3. The predicted molar refractivity (Wildman–Crippen MR) is 66.1 cm³/mol. The lowest BCUT2D eigenvalue weighted by Crippen LogP contribution is -2.22. The fourth-order valence-corrected chi connectivity index (χ4v) is 1.23. The molecule has 1 aromatic rings. The van der Waals surface area contributed by atoms with Crippen LogP contribution in [0.3, 0.4) is 0 Å². The van der Waals surface area contributed by atoms with E-state index in [1.54, 1.807) is 6.92 Å². The van der Waals surface area contributed by atoms with E-state index in [0.29, 0.717) is 5.56 Å². The molecule has 0 radical (unpaired) electrons. The first-order valence-electron chi connectivity index (χ1n) is 5.94. The number of aliphatic hydroxyl groups excluding tert-OH is 2. The molecule has 0 aliphatic rings. The standard InChI is InChI=1S/C11H13F3O3.C2H6/c1-7-2-3-10(17-6-8(16)5-15)9(4-7)11(12,13)14;1-2/h2-4,8,15-16H,5-6H2,1H3;1-2H3. The van der Waals surface area contributed by atoms with Crippen molar-refractivity contribution < 1.29 is 28.1 Å². The summed E-state index contributed by atoms with van der Waals surface area (Å²) >= 11 is 0. The van der Waals surface area contributed by atoms with E-state index in [4.69, 9.17) is 14.9 Å². The minimum Gasteiger partial charge on any atom is -0.490 e. The van der Waals surface area contributed by atoms with Crippen LogP contribution in [0.15, 0.2) is 18.2 Å². The van der Waals surface area contributed by atoms with Crippen LogP contribution in [-0.2, 0) is 6.18 Å². The fourth-order valence-electron chi connectivity index (χ4n) is 1.23. The Morgan fingerprint density at radius 1 is 1.26 bits per heavy atom. The smallest absolute Gasteiger partial charge is 0.419 e. The molecule has 1 atom stereocenters. The highest BCUT2D eigenvalue weighted by molar-refractivity contribution is 5.38. The SMILES string of the molecule is CC.Cc1ccc(OCC(O)CO)c(C(F)(F)F)c1. The Labute approximate surface area is 110 Å². The lowest BCUT2D eigenvalue weighted by molar-refractivity contribution is -0.139. The van der Waals surface area contributed by atoms with Crippen LogP contribution in [0.5, 0.6) is 5.75 Å². The maximum Gasteiger partial charge on any atom is 0.419 e. The number of ether oxygens (including phenoxy) is 1. The second kappa shape index (κ2) is 8.01. The Morgan fingerprint density at radius 3 is 2.32 bits per heavy atom. The average molecular weight is 280 g/mol. The van der Waals surface area contributed by atoms with Crippen molar-refractivity contribution in [2.24, 2.45) is 0 Å². The largest absolute Gasteiger partial charge is 0.490 e. The Morgan fingerprint density at radius 2 is 1.84 bits per heavy atom. The summed E-state index contributed by atoms with van der Waals surface area (Å²) in [5, 5.41) is 17.5. The van der Waals surface area contributed by atoms with E-state index in [9.17, 15) is 13.2 Å². The van der Waals surface area contributed by atoms with Gasteiger partial charge >= 0.3 is 6.18 Å². The molecular weight excluding hydrogens is 261 g/mol. The second-order valence-corrected chi connectivity index (χ2v) is 3.64. The minimum absolute atomic E-state index is 0.351. The zero-order valence-corrected chi connectivity index (χ0v) is 11.2. The van der Waals surface area contributed by atoms with Crippen molar-refractivity contribution in [3.63, 3.8) is 0 Å². The van der Waals surface area contributed by atoms with Crippen LogP contribution in [0.1, 0.15) is 25.0 Å². The second-order valence-electron chi connectivity index (χ2n) is 3.64. The molecule has 1 aromatic carbocycles. The topological polar surface area (TPSA) is 49.7 Å². The first-order valence-corrected chi connectivity index (χ1v) is 5.94. The monoisotopic (exact) mass is 280 g/mol. The minimum atomic E-state index is -4.51. The zero-order chi connectivity index (χ0) is 15.1. The van der Waals surface area contributed by atoms with E-state index in [-0.39, 0.29) is 12.4 Å². The molecule has 1 unspecified atom stereocenters. The van der Waals surface area contributed by atoms with Gasteiger partial charge in [-0.15, -0.1) is 0 Å². The Bertz CT molecular complexity index is 378. The molecule has 0 saturated carbocycles. The number of aryl methyl sites for hydroxylation is 1. The van der Waals surface area contributed by atoms with Gasteiger partial charge in [0.05, 0.1) is 12.2 Å². The lowest BCUT2D eigenvalue weighted by Gasteiger charge is -2.16. The van der Waals surface area contributed by atoms with Crippen LogP contribution < -0.4 is 4.74 Å². The van der Waals surface area contributed by atoms with Gasteiger partial charge in [0.2, 0.25) is 0 Å². The third-order valence-corrected chi connectivity index (χ3v) is 2.08. The van der Waals surface area contributed by atoms with Gasteiger partial charge in [0, 0.05) is 0 Å². The molecule has 19 heavy (non-hydrogen) atoms. The highest BCUT2D eigenvalue weighted by atomic mass is 19.4. The van der Waals surface area contributed by atoms with Crippen molar-refractivity contribution in [2.45, 2.75) is 33.1 Å². The van der Waals surface area contributed by atoms with E-state index in [1.165, 1.54) is 12.1 Å². The molecule has 0 amide bonds. The molecule has 0 fully saturated rings. The Hall–Kier alpha value is -1.27. The number of benzene rings is 1. The molecule has 1 rings (SSSR count). The van der Waals surface area contributed by atoms with Crippen LogP contribution in [-0.4, -0.2) is 29.5 Å². The normalized spacial score (nSPS) is 12.4. The van der Waals surface area contributed by atoms with Crippen molar-refractivity contribution in [2.75, 3.05) is 13.2 Å². The summed E-state index contributed by atoms with van der Waals surface area (Å²) < 4.78 is 42.8. The van der Waals surface area contributed by atoms with E-state index < -0.39 is 24.5 Å². The maximum absolute atomic E-state index is 12.6. The first kappa shape index (κ1) is 17.7. The van der Waals surface area contributed by atoms with E-state index >= 15 is 0 Å². The quantitative estimate of drug-likeness (QED) is 0.891. The summed E-state index contributed by atoms with van der Waals surface area (Å²) in [6.45, 7) is 4.59. The van der Waals surface area contributed by atoms with Crippen LogP contribution in [0.25, 0.3) is 0 Å². The van der Waals surface area contributed by atoms with E-state index in [1.807, 2.05) is 13.8 Å². The van der Waals surface area contributed by atoms with Gasteiger partial charge in [-0.05, 0) is 19.1 Å². The van der Waals surface area contributed by atoms with E-state index in [0.717, 1.165) is 6.07 Å². The molecule has 0 aliphatic heterocycles. The maximum atomic E-state index is 12.6. The lowest BCUT2D eigenvalue weighted by atomic mass is 10.1. The Kier molecular flexibility index (Phi) is 7.48. The highest BCUT2D eigenvalue weighted by Crippen LogP contribution is 2.36. The van der Waals surface area contributed by atoms with Gasteiger partial charge in [-0.25, -0.2) is 0 Å². The predicted octanol–water partition coefficient (Wildman–Crippen LogP) is 2.77. The summed E-state index contributed by atoms with van der Waals surface area (Å²) in [5.41, 5.74) is -0.421. The molecule has 0 aliphatic carbocycles. The molecule has 2 N–H and O–H groups in total. The van der Waals surface area contributed by atoms with Gasteiger partial charge < -0.3 is 14.9 Å². The number of aliphatic hydroxyl groups is 2. The van der Waals surface area contributed by atoms with Gasteiger partial charge in [-0.3, -0.25) is 0 Å². The van der Waals surface area contributed by atoms with Crippen LogP contribution in [0.4, 0.5) is 13.2 Å². The molecule has 0 heterocycles. The van der Waals surface area contributed by atoms with Crippen LogP contribution in [0.2, 0.25) is 0 Å². The van der Waals surface area contributed by atoms with Crippen LogP contribution >= 0.6 is 0 Å². The van der Waals surface area contributed by atoms with Gasteiger partial charge in [0.15, 0.2) is 0 Å². The summed E-state index contributed by atoms with van der Waals surface area (Å²) in [4.78, 5) is 0. The number of hydrogen-bond donors (Lipinski definition) is 2. The third kappa shape index (κ3) is 5.94.